The average molecular weight is 279 g/mol. The van der Waals surface area contributed by atoms with Crippen molar-refractivity contribution in [1.29, 1.82) is 0 Å². The molecule has 0 aliphatic carbocycles. The van der Waals surface area contributed by atoms with Crippen LogP contribution in [-0.2, 0) is 11.3 Å². The van der Waals surface area contributed by atoms with E-state index in [4.69, 9.17) is 15.2 Å². The summed E-state index contributed by atoms with van der Waals surface area (Å²) in [5.41, 5.74) is 6.71. The number of unbranched alkanes of at least 4 members (excludes halogenated alkanes) is 3. The van der Waals surface area contributed by atoms with Gasteiger partial charge in [0.1, 0.15) is 12.4 Å². The number of ether oxygens (including phenoxy) is 2. The Hall–Kier alpha value is -1.06. The summed E-state index contributed by atoms with van der Waals surface area (Å²) < 4.78 is 11.5. The van der Waals surface area contributed by atoms with E-state index in [1.807, 2.05) is 24.3 Å². The number of para-hydroxylation sites is 1. The molecule has 0 spiro atoms. The summed E-state index contributed by atoms with van der Waals surface area (Å²) >= 11 is 0. The van der Waals surface area contributed by atoms with Crippen LogP contribution in [-0.4, -0.2) is 19.3 Å². The SMILES string of the molecule is CCCCCCC(C)OCCOc1ccccc1CN. The van der Waals surface area contributed by atoms with Crippen LogP contribution in [0.15, 0.2) is 24.3 Å². The third kappa shape index (κ3) is 6.92. The Morgan fingerprint density at radius 1 is 1.10 bits per heavy atom. The van der Waals surface area contributed by atoms with E-state index in [0.717, 1.165) is 17.7 Å². The molecule has 0 fully saturated rings. The number of benzene rings is 1. The minimum Gasteiger partial charge on any atom is -0.491 e. The van der Waals surface area contributed by atoms with Gasteiger partial charge in [-0.25, -0.2) is 0 Å². The zero-order valence-electron chi connectivity index (χ0n) is 12.9. The fourth-order valence-corrected chi connectivity index (χ4v) is 2.16. The molecule has 0 aliphatic heterocycles. The van der Waals surface area contributed by atoms with Gasteiger partial charge in [0.25, 0.3) is 0 Å². The van der Waals surface area contributed by atoms with Gasteiger partial charge in [0.05, 0.1) is 12.7 Å². The predicted molar refractivity (Wildman–Crippen MR) is 84.0 cm³/mol. The van der Waals surface area contributed by atoms with Crippen LogP contribution in [0.25, 0.3) is 0 Å². The van der Waals surface area contributed by atoms with Crippen LogP contribution in [0.4, 0.5) is 0 Å². The smallest absolute Gasteiger partial charge is 0.123 e. The molecule has 1 aromatic rings. The van der Waals surface area contributed by atoms with Crippen molar-refractivity contribution in [3.63, 3.8) is 0 Å². The number of hydrogen-bond acceptors (Lipinski definition) is 3. The van der Waals surface area contributed by atoms with Crippen LogP contribution in [0.3, 0.4) is 0 Å². The van der Waals surface area contributed by atoms with Gasteiger partial charge >= 0.3 is 0 Å². The van der Waals surface area contributed by atoms with Crippen LogP contribution in [0.2, 0.25) is 0 Å². The molecule has 1 rings (SSSR count). The molecule has 1 unspecified atom stereocenters. The minimum atomic E-state index is 0.320. The van der Waals surface area contributed by atoms with Crippen molar-refractivity contribution in [2.75, 3.05) is 13.2 Å². The lowest BCUT2D eigenvalue weighted by molar-refractivity contribution is 0.0383. The molecule has 0 aliphatic rings. The van der Waals surface area contributed by atoms with Crippen molar-refractivity contribution in [3.8, 4) is 5.75 Å². The van der Waals surface area contributed by atoms with Crippen molar-refractivity contribution in [2.45, 2.75) is 58.6 Å². The van der Waals surface area contributed by atoms with E-state index >= 15 is 0 Å². The summed E-state index contributed by atoms with van der Waals surface area (Å²) in [6, 6.07) is 7.89. The van der Waals surface area contributed by atoms with Gasteiger partial charge in [0.15, 0.2) is 0 Å². The normalized spacial score (nSPS) is 12.3. The van der Waals surface area contributed by atoms with Gasteiger partial charge in [0, 0.05) is 12.1 Å². The molecule has 1 atom stereocenters. The van der Waals surface area contributed by atoms with Gasteiger partial charge in [-0.3, -0.25) is 0 Å². The van der Waals surface area contributed by atoms with Crippen LogP contribution in [0.5, 0.6) is 5.75 Å². The maximum atomic E-state index is 5.76. The molecule has 20 heavy (non-hydrogen) atoms. The van der Waals surface area contributed by atoms with E-state index in [-0.39, 0.29) is 0 Å². The van der Waals surface area contributed by atoms with Crippen molar-refractivity contribution in [2.24, 2.45) is 5.73 Å². The highest BCUT2D eigenvalue weighted by atomic mass is 16.5. The third-order valence-corrected chi connectivity index (χ3v) is 3.40. The minimum absolute atomic E-state index is 0.320. The third-order valence-electron chi connectivity index (χ3n) is 3.40. The zero-order chi connectivity index (χ0) is 14.6. The molecule has 114 valence electrons. The van der Waals surface area contributed by atoms with Gasteiger partial charge in [0.2, 0.25) is 0 Å². The lowest BCUT2D eigenvalue weighted by Gasteiger charge is -2.14. The van der Waals surface area contributed by atoms with E-state index in [9.17, 15) is 0 Å². The molecule has 0 amide bonds. The monoisotopic (exact) mass is 279 g/mol. The molecule has 3 heteroatoms. The lowest BCUT2D eigenvalue weighted by atomic mass is 10.1. The number of nitrogens with two attached hydrogens (primary N) is 1. The first-order chi connectivity index (χ1) is 9.77. The average Bonchev–Trinajstić information content (AvgIpc) is 2.48. The second kappa shape index (κ2) is 10.7. The molecule has 0 radical (unpaired) electrons. The summed E-state index contributed by atoms with van der Waals surface area (Å²) in [4.78, 5) is 0. The summed E-state index contributed by atoms with van der Waals surface area (Å²) in [6.07, 6.45) is 6.63. The molecular formula is C17H29NO2. The highest BCUT2D eigenvalue weighted by Gasteiger charge is 2.03. The van der Waals surface area contributed by atoms with Crippen molar-refractivity contribution >= 4 is 0 Å². The van der Waals surface area contributed by atoms with Gasteiger partial charge in [-0.15, -0.1) is 0 Å². The van der Waals surface area contributed by atoms with Crippen LogP contribution < -0.4 is 10.5 Å². The largest absolute Gasteiger partial charge is 0.491 e. The maximum Gasteiger partial charge on any atom is 0.123 e. The Kier molecular flexibility index (Phi) is 9.09. The van der Waals surface area contributed by atoms with Crippen molar-refractivity contribution in [3.05, 3.63) is 29.8 Å². The summed E-state index contributed by atoms with van der Waals surface area (Å²) in [6.45, 7) is 6.09. The van der Waals surface area contributed by atoms with Crippen molar-refractivity contribution in [1.82, 2.24) is 0 Å². The van der Waals surface area contributed by atoms with Gasteiger partial charge in [-0.1, -0.05) is 50.8 Å². The molecule has 0 heterocycles. The van der Waals surface area contributed by atoms with Gasteiger partial charge in [-0.2, -0.15) is 0 Å². The van der Waals surface area contributed by atoms with Crippen LogP contribution >= 0.6 is 0 Å². The van der Waals surface area contributed by atoms with Crippen LogP contribution in [0.1, 0.15) is 51.5 Å². The second-order valence-corrected chi connectivity index (χ2v) is 5.19. The predicted octanol–water partition coefficient (Wildman–Crippen LogP) is 3.90. The first kappa shape index (κ1) is 17.0. The summed E-state index contributed by atoms with van der Waals surface area (Å²) in [7, 11) is 0. The Morgan fingerprint density at radius 2 is 1.90 bits per heavy atom. The standard InChI is InChI=1S/C17H29NO2/c1-3-4-5-6-9-15(2)19-12-13-20-17-11-8-7-10-16(17)14-18/h7-8,10-11,15H,3-6,9,12-14,18H2,1-2H3. The Morgan fingerprint density at radius 3 is 2.65 bits per heavy atom. The van der Waals surface area contributed by atoms with Crippen LogP contribution in [0, 0.1) is 0 Å². The quantitative estimate of drug-likeness (QED) is 0.625. The number of rotatable bonds is 11. The molecule has 3 nitrogen and oxygen atoms in total. The fourth-order valence-electron chi connectivity index (χ4n) is 2.16. The molecule has 0 saturated heterocycles. The first-order valence-electron chi connectivity index (χ1n) is 7.80. The Balaban J connectivity index is 2.12. The second-order valence-electron chi connectivity index (χ2n) is 5.19. The van der Waals surface area contributed by atoms with E-state index < -0.39 is 0 Å². The highest BCUT2D eigenvalue weighted by molar-refractivity contribution is 5.32. The Labute approximate surface area is 123 Å². The fraction of sp³-hybridized carbons (Fsp3) is 0.647. The van der Waals surface area contributed by atoms with Crippen molar-refractivity contribution < 1.29 is 9.47 Å². The molecule has 0 aromatic heterocycles. The molecule has 1 aromatic carbocycles. The van der Waals surface area contributed by atoms with Gasteiger partial charge in [-0.05, 0) is 19.4 Å². The topological polar surface area (TPSA) is 44.5 Å². The van der Waals surface area contributed by atoms with Gasteiger partial charge < -0.3 is 15.2 Å². The maximum absolute atomic E-state index is 5.76. The van der Waals surface area contributed by atoms with E-state index in [1.54, 1.807) is 0 Å². The van der Waals surface area contributed by atoms with E-state index in [1.165, 1.54) is 25.7 Å². The lowest BCUT2D eigenvalue weighted by Crippen LogP contribution is -2.15. The molecule has 0 bridgehead atoms. The highest BCUT2D eigenvalue weighted by Crippen LogP contribution is 2.17. The first-order valence-corrected chi connectivity index (χ1v) is 7.80. The molecule has 2 N–H and O–H groups in total. The number of hydrogen-bond donors (Lipinski definition) is 1. The Bertz CT molecular complexity index is 355. The van der Waals surface area contributed by atoms with E-state index in [2.05, 4.69) is 13.8 Å². The molecular weight excluding hydrogens is 250 g/mol. The van der Waals surface area contributed by atoms with E-state index in [0.29, 0.717) is 25.9 Å². The molecule has 0 saturated carbocycles. The zero-order valence-corrected chi connectivity index (χ0v) is 12.9. The summed E-state index contributed by atoms with van der Waals surface area (Å²) in [5, 5.41) is 0. The summed E-state index contributed by atoms with van der Waals surface area (Å²) in [5.74, 6) is 0.870.